The van der Waals surface area contributed by atoms with E-state index in [1.165, 1.54) is 12.1 Å². The lowest BCUT2D eigenvalue weighted by Gasteiger charge is -2.31. The van der Waals surface area contributed by atoms with Crippen LogP contribution >= 0.6 is 15.9 Å². The van der Waals surface area contributed by atoms with Crippen LogP contribution in [0.25, 0.3) is 0 Å². The van der Waals surface area contributed by atoms with Gasteiger partial charge in [0.25, 0.3) is 5.91 Å². The highest BCUT2D eigenvalue weighted by molar-refractivity contribution is 9.10. The number of hydrogen-bond acceptors (Lipinski definition) is 5. The number of hydrogen-bond donors (Lipinski definition) is 2. The summed E-state index contributed by atoms with van der Waals surface area (Å²) in [4.78, 5) is 19.3. The van der Waals surface area contributed by atoms with Gasteiger partial charge in [-0.1, -0.05) is 70.5 Å². The second-order valence-electron chi connectivity index (χ2n) is 10.1. The summed E-state index contributed by atoms with van der Waals surface area (Å²) in [6, 6.07) is 31.2. The quantitative estimate of drug-likeness (QED) is 0.182. The number of nitrogens with one attached hydrogen (secondary N) is 1. The first-order chi connectivity index (χ1) is 20.5. The van der Waals surface area contributed by atoms with Crippen molar-refractivity contribution >= 4 is 27.7 Å². The third kappa shape index (κ3) is 7.06. The van der Waals surface area contributed by atoms with Gasteiger partial charge in [-0.05, 0) is 71.6 Å². The number of benzene rings is 4. The Labute approximate surface area is 253 Å². The molecule has 8 heteroatoms. The zero-order valence-electron chi connectivity index (χ0n) is 23.0. The number of carbonyl (C=O) groups is 1. The molecule has 0 saturated heterocycles. The summed E-state index contributed by atoms with van der Waals surface area (Å²) in [7, 11) is 0. The average Bonchev–Trinajstić information content (AvgIpc) is 3.40. The summed E-state index contributed by atoms with van der Waals surface area (Å²) in [6.45, 7) is 0.839. The lowest BCUT2D eigenvalue weighted by molar-refractivity contribution is -0.128. The molecule has 4 aromatic rings. The fourth-order valence-electron chi connectivity index (χ4n) is 4.95. The Morgan fingerprint density at radius 1 is 0.952 bits per heavy atom. The molecule has 4 aromatic carbocycles. The maximum Gasteiger partial charge on any atom is 0.252 e. The van der Waals surface area contributed by atoms with E-state index >= 15 is 0 Å². The zero-order chi connectivity index (χ0) is 29.4. The highest BCUT2D eigenvalue weighted by Crippen LogP contribution is 2.42. The highest BCUT2D eigenvalue weighted by atomic mass is 79.9. The van der Waals surface area contributed by atoms with Gasteiger partial charge in [0.1, 0.15) is 11.6 Å². The van der Waals surface area contributed by atoms with Gasteiger partial charge in [-0.2, -0.15) is 0 Å². The largest absolute Gasteiger partial charge is 0.494 e. The first-order valence-corrected chi connectivity index (χ1v) is 14.7. The first-order valence-electron chi connectivity index (χ1n) is 13.9. The van der Waals surface area contributed by atoms with Crippen LogP contribution in [0.4, 0.5) is 4.39 Å². The minimum absolute atomic E-state index is 0.0651. The third-order valence-electron chi connectivity index (χ3n) is 7.13. The van der Waals surface area contributed by atoms with Crippen molar-refractivity contribution in [3.8, 4) is 5.75 Å². The molecule has 2 N–H and O–H groups in total. The normalized spacial score (nSPS) is 17.8. The average molecular weight is 632 g/mol. The van der Waals surface area contributed by atoms with Gasteiger partial charge >= 0.3 is 0 Å². The highest BCUT2D eigenvalue weighted by Gasteiger charge is 2.53. The van der Waals surface area contributed by atoms with Crippen molar-refractivity contribution in [2.75, 3.05) is 19.8 Å². The second-order valence-corrected chi connectivity index (χ2v) is 11.1. The van der Waals surface area contributed by atoms with Crippen molar-refractivity contribution < 1.29 is 23.8 Å². The van der Waals surface area contributed by atoms with E-state index in [4.69, 9.17) is 19.6 Å². The molecule has 0 saturated carbocycles. The number of aliphatic imine (C=N–C) groups is 1. The van der Waals surface area contributed by atoms with Gasteiger partial charge in [0.05, 0.1) is 6.61 Å². The minimum Gasteiger partial charge on any atom is -0.494 e. The van der Waals surface area contributed by atoms with E-state index in [1.54, 1.807) is 12.1 Å². The molecule has 1 amide bonds. The van der Waals surface area contributed by atoms with Gasteiger partial charge in [0.15, 0.2) is 11.6 Å². The molecular formula is C34H32BrFN2O4. The fraction of sp³-hybridized carbons (Fsp3) is 0.235. The van der Waals surface area contributed by atoms with Crippen LogP contribution in [0.1, 0.15) is 34.8 Å². The standard InChI is InChI=1S/C34H32BrFN2O4/c35-28-13-9-26(10-14-28)31-34(23-25-5-2-1-3-6-25,33(40)37-20-19-24-7-15-29(36)16-8-24)38-32(42-31)27-11-17-30(18-12-27)41-22-4-21-39/h1-3,5-18,31,39H,4,19-23H2,(H,37,40)/t31-,34-/m1/s1. The summed E-state index contributed by atoms with van der Waals surface area (Å²) in [5, 5.41) is 12.1. The van der Waals surface area contributed by atoms with Crippen LogP contribution in [-0.2, 0) is 22.4 Å². The molecule has 42 heavy (non-hydrogen) atoms. The molecule has 216 valence electrons. The Bertz CT molecular complexity index is 1500. The molecule has 0 radical (unpaired) electrons. The van der Waals surface area contributed by atoms with E-state index in [0.717, 1.165) is 26.7 Å². The summed E-state index contributed by atoms with van der Waals surface area (Å²) in [5.74, 6) is 0.496. The van der Waals surface area contributed by atoms with Crippen molar-refractivity contribution in [1.82, 2.24) is 5.32 Å². The predicted octanol–water partition coefficient (Wildman–Crippen LogP) is 6.21. The van der Waals surface area contributed by atoms with E-state index in [2.05, 4.69) is 21.2 Å². The molecule has 1 aliphatic rings. The molecule has 1 heterocycles. The van der Waals surface area contributed by atoms with Crippen LogP contribution in [0.15, 0.2) is 113 Å². The van der Waals surface area contributed by atoms with E-state index < -0.39 is 11.6 Å². The number of aliphatic hydroxyl groups is 1. The Morgan fingerprint density at radius 2 is 1.67 bits per heavy atom. The molecule has 0 fully saturated rings. The minimum atomic E-state index is -1.29. The maximum atomic E-state index is 14.2. The maximum absolute atomic E-state index is 14.2. The summed E-state index contributed by atoms with van der Waals surface area (Å²) in [6.07, 6.45) is 0.728. The Kier molecular flexibility index (Phi) is 9.66. The predicted molar refractivity (Wildman–Crippen MR) is 164 cm³/mol. The fourth-order valence-corrected chi connectivity index (χ4v) is 5.22. The molecule has 0 unspecified atom stereocenters. The summed E-state index contributed by atoms with van der Waals surface area (Å²) < 4.78 is 26.5. The van der Waals surface area contributed by atoms with Crippen molar-refractivity contribution in [3.63, 3.8) is 0 Å². The zero-order valence-corrected chi connectivity index (χ0v) is 24.6. The molecule has 0 aliphatic carbocycles. The molecule has 0 aromatic heterocycles. The molecule has 0 bridgehead atoms. The molecule has 2 atom stereocenters. The van der Waals surface area contributed by atoms with Crippen molar-refractivity contribution in [3.05, 3.63) is 136 Å². The number of ether oxygens (including phenoxy) is 2. The molecule has 0 spiro atoms. The Morgan fingerprint density at radius 3 is 2.36 bits per heavy atom. The van der Waals surface area contributed by atoms with Gasteiger partial charge < -0.3 is 19.9 Å². The van der Waals surface area contributed by atoms with E-state index in [0.29, 0.717) is 44.1 Å². The van der Waals surface area contributed by atoms with E-state index in [9.17, 15) is 9.18 Å². The van der Waals surface area contributed by atoms with Crippen LogP contribution in [-0.4, -0.2) is 42.2 Å². The Hall–Kier alpha value is -4.01. The smallest absolute Gasteiger partial charge is 0.252 e. The number of carbonyl (C=O) groups excluding carboxylic acids is 1. The van der Waals surface area contributed by atoms with Gasteiger partial charge in [0.2, 0.25) is 5.90 Å². The number of aliphatic hydroxyl groups excluding tert-OH is 1. The van der Waals surface area contributed by atoms with Gasteiger partial charge in [-0.3, -0.25) is 4.79 Å². The Balaban J connectivity index is 1.49. The van der Waals surface area contributed by atoms with Gasteiger partial charge in [-0.15, -0.1) is 0 Å². The van der Waals surface area contributed by atoms with Crippen LogP contribution in [0.2, 0.25) is 0 Å². The van der Waals surface area contributed by atoms with Crippen molar-refractivity contribution in [2.24, 2.45) is 4.99 Å². The third-order valence-corrected chi connectivity index (χ3v) is 7.66. The lowest BCUT2D eigenvalue weighted by atomic mass is 9.82. The van der Waals surface area contributed by atoms with Gasteiger partial charge in [-0.25, -0.2) is 9.38 Å². The number of halogens is 2. The number of amides is 1. The first kappa shape index (κ1) is 29.5. The van der Waals surface area contributed by atoms with Crippen LogP contribution in [0.3, 0.4) is 0 Å². The lowest BCUT2D eigenvalue weighted by Crippen LogP contribution is -2.50. The van der Waals surface area contributed by atoms with E-state index in [1.807, 2.05) is 78.9 Å². The number of nitrogens with zero attached hydrogens (tertiary/aromatic N) is 1. The summed E-state index contributed by atoms with van der Waals surface area (Å²) >= 11 is 3.51. The molecule has 1 aliphatic heterocycles. The van der Waals surface area contributed by atoms with Crippen LogP contribution in [0, 0.1) is 5.82 Å². The van der Waals surface area contributed by atoms with Crippen LogP contribution in [0.5, 0.6) is 5.75 Å². The molecule has 6 nitrogen and oxygen atoms in total. The van der Waals surface area contributed by atoms with Crippen molar-refractivity contribution in [1.29, 1.82) is 0 Å². The SMILES string of the molecule is O=C(NCCc1ccc(F)cc1)[C@]1(Cc2ccccc2)N=C(c2ccc(OCCCO)cc2)O[C@@H]1c1ccc(Br)cc1. The summed E-state index contributed by atoms with van der Waals surface area (Å²) in [5.41, 5.74) is 2.14. The number of rotatable bonds is 12. The van der Waals surface area contributed by atoms with Crippen LogP contribution < -0.4 is 10.1 Å². The van der Waals surface area contributed by atoms with Crippen molar-refractivity contribution in [2.45, 2.75) is 30.9 Å². The van der Waals surface area contributed by atoms with E-state index in [-0.39, 0.29) is 18.3 Å². The second kappa shape index (κ2) is 13.8. The molecule has 5 rings (SSSR count). The topological polar surface area (TPSA) is 80.2 Å². The monoisotopic (exact) mass is 630 g/mol. The molecular weight excluding hydrogens is 599 g/mol. The van der Waals surface area contributed by atoms with Gasteiger partial charge in [0, 0.05) is 36.0 Å².